The third-order valence-electron chi connectivity index (χ3n) is 2.47. The van der Waals surface area contributed by atoms with Gasteiger partial charge in [0.1, 0.15) is 5.75 Å². The fourth-order valence-electron chi connectivity index (χ4n) is 1.26. The molecule has 4 N–H and O–H groups in total. The van der Waals surface area contributed by atoms with Crippen molar-refractivity contribution in [3.8, 4) is 5.75 Å². The zero-order valence-corrected chi connectivity index (χ0v) is 10.1. The third-order valence-corrected chi connectivity index (χ3v) is 2.47. The molecule has 98 valence electrons. The van der Waals surface area contributed by atoms with Crippen LogP contribution < -0.4 is 11.1 Å². The average molecular weight is 253 g/mol. The molecule has 0 saturated heterocycles. The first-order chi connectivity index (χ1) is 8.32. The number of nitrogens with two attached hydrogens (primary N) is 1. The van der Waals surface area contributed by atoms with E-state index in [1.807, 2.05) is 0 Å². The fourth-order valence-corrected chi connectivity index (χ4v) is 1.26. The molecule has 0 fully saturated rings. The Hall–Kier alpha value is -2.15. The second-order valence-corrected chi connectivity index (χ2v) is 4.22. The van der Waals surface area contributed by atoms with E-state index >= 15 is 0 Å². The number of anilines is 1. The van der Waals surface area contributed by atoms with Gasteiger partial charge in [-0.15, -0.1) is 0 Å². The van der Waals surface area contributed by atoms with E-state index < -0.39 is 16.9 Å². The van der Waals surface area contributed by atoms with Gasteiger partial charge in [0.15, 0.2) is 0 Å². The maximum atomic E-state index is 11.7. The summed E-state index contributed by atoms with van der Waals surface area (Å²) >= 11 is 0. The minimum Gasteiger partial charge on any atom is -0.506 e. The molecule has 1 amide bonds. The van der Waals surface area contributed by atoms with E-state index in [4.69, 9.17) is 5.73 Å². The molecule has 18 heavy (non-hydrogen) atoms. The van der Waals surface area contributed by atoms with Crippen molar-refractivity contribution in [1.29, 1.82) is 0 Å². The first kappa shape index (κ1) is 13.9. The van der Waals surface area contributed by atoms with Crippen molar-refractivity contribution in [3.05, 3.63) is 28.3 Å². The maximum Gasteiger partial charge on any atom is 0.271 e. The number of aromatic hydroxyl groups is 1. The molecule has 1 rings (SSSR count). The zero-order valence-electron chi connectivity index (χ0n) is 10.1. The summed E-state index contributed by atoms with van der Waals surface area (Å²) < 4.78 is 0. The van der Waals surface area contributed by atoms with Crippen LogP contribution in [0.3, 0.4) is 0 Å². The zero-order chi connectivity index (χ0) is 13.9. The number of nitrogens with one attached hydrogen (secondary N) is 1. The number of hydrogen-bond donors (Lipinski definition) is 3. The average Bonchev–Trinajstić information content (AvgIpc) is 2.30. The van der Waals surface area contributed by atoms with Crippen molar-refractivity contribution in [3.63, 3.8) is 0 Å². The van der Waals surface area contributed by atoms with Gasteiger partial charge in [-0.1, -0.05) is 13.8 Å². The van der Waals surface area contributed by atoms with Crippen LogP contribution in [0.2, 0.25) is 0 Å². The highest BCUT2D eigenvalue weighted by Crippen LogP contribution is 2.27. The van der Waals surface area contributed by atoms with Crippen molar-refractivity contribution < 1.29 is 14.8 Å². The lowest BCUT2D eigenvalue weighted by Crippen LogP contribution is -2.39. The molecule has 0 aliphatic rings. The monoisotopic (exact) mass is 253 g/mol. The first-order valence-corrected chi connectivity index (χ1v) is 5.36. The van der Waals surface area contributed by atoms with Crippen molar-refractivity contribution in [2.24, 2.45) is 11.7 Å². The fraction of sp³-hybridized carbons (Fsp3) is 0.364. The first-order valence-electron chi connectivity index (χ1n) is 5.36. The lowest BCUT2D eigenvalue weighted by Gasteiger charge is -2.15. The maximum absolute atomic E-state index is 11.7. The second kappa shape index (κ2) is 5.46. The van der Waals surface area contributed by atoms with Crippen molar-refractivity contribution >= 4 is 17.3 Å². The van der Waals surface area contributed by atoms with E-state index in [1.165, 1.54) is 0 Å². The SMILES string of the molecule is CC(C)C(N)C(=O)Nc1cc([N+](=O)[O-])ccc1O. The second-order valence-electron chi connectivity index (χ2n) is 4.22. The molecule has 0 heterocycles. The summed E-state index contributed by atoms with van der Waals surface area (Å²) in [7, 11) is 0. The van der Waals surface area contributed by atoms with Crippen LogP contribution in [0.4, 0.5) is 11.4 Å². The molecule has 0 aromatic heterocycles. The molecule has 0 bridgehead atoms. The Morgan fingerprint density at radius 2 is 2.11 bits per heavy atom. The smallest absolute Gasteiger partial charge is 0.271 e. The van der Waals surface area contributed by atoms with E-state index in [2.05, 4.69) is 5.32 Å². The Balaban J connectivity index is 2.93. The summed E-state index contributed by atoms with van der Waals surface area (Å²) in [5, 5.41) is 22.5. The number of phenolic OH excluding ortho intramolecular Hbond substituents is 1. The van der Waals surface area contributed by atoms with Crippen molar-refractivity contribution in [2.75, 3.05) is 5.32 Å². The van der Waals surface area contributed by atoms with Gasteiger partial charge in [-0.2, -0.15) is 0 Å². The summed E-state index contributed by atoms with van der Waals surface area (Å²) in [5.74, 6) is -0.823. The van der Waals surface area contributed by atoms with Crippen LogP contribution in [-0.2, 0) is 4.79 Å². The Labute approximate surface area is 104 Å². The van der Waals surface area contributed by atoms with Gasteiger partial charge in [0.25, 0.3) is 5.69 Å². The number of nitro groups is 1. The Kier molecular flexibility index (Phi) is 4.22. The van der Waals surface area contributed by atoms with E-state index in [9.17, 15) is 20.0 Å². The highest BCUT2D eigenvalue weighted by atomic mass is 16.6. The molecule has 1 aromatic rings. The summed E-state index contributed by atoms with van der Waals surface area (Å²) in [6.07, 6.45) is 0. The molecule has 1 aromatic carbocycles. The number of amides is 1. The predicted octanol–water partition coefficient (Wildman–Crippen LogP) is 1.22. The van der Waals surface area contributed by atoms with E-state index in [0.717, 1.165) is 18.2 Å². The molecule has 1 unspecified atom stereocenters. The van der Waals surface area contributed by atoms with Gasteiger partial charge in [0.05, 0.1) is 16.7 Å². The number of non-ortho nitro benzene ring substituents is 1. The molecule has 0 aliphatic heterocycles. The highest BCUT2D eigenvalue weighted by Gasteiger charge is 2.19. The van der Waals surface area contributed by atoms with Crippen LogP contribution in [0.25, 0.3) is 0 Å². The molecular weight excluding hydrogens is 238 g/mol. The minimum atomic E-state index is -0.747. The van der Waals surface area contributed by atoms with Gasteiger partial charge < -0.3 is 16.2 Å². The number of nitrogens with zero attached hydrogens (tertiary/aromatic N) is 1. The molecule has 0 saturated carbocycles. The van der Waals surface area contributed by atoms with Crippen LogP contribution in [-0.4, -0.2) is 22.0 Å². The van der Waals surface area contributed by atoms with Gasteiger partial charge in [-0.05, 0) is 12.0 Å². The van der Waals surface area contributed by atoms with Crippen LogP contribution in [0, 0.1) is 16.0 Å². The van der Waals surface area contributed by atoms with Crippen LogP contribution >= 0.6 is 0 Å². The normalized spacial score (nSPS) is 12.2. The van der Waals surface area contributed by atoms with Crippen molar-refractivity contribution in [1.82, 2.24) is 0 Å². The van der Waals surface area contributed by atoms with Crippen LogP contribution in [0.5, 0.6) is 5.75 Å². The van der Waals surface area contributed by atoms with Crippen molar-refractivity contribution in [2.45, 2.75) is 19.9 Å². The van der Waals surface area contributed by atoms with E-state index in [0.29, 0.717) is 0 Å². The quantitative estimate of drug-likeness (QED) is 0.423. The summed E-state index contributed by atoms with van der Waals surface area (Å²) in [6, 6.07) is 2.63. The molecular formula is C11H15N3O4. The van der Waals surface area contributed by atoms with E-state index in [-0.39, 0.29) is 23.0 Å². The van der Waals surface area contributed by atoms with Gasteiger partial charge in [-0.25, -0.2) is 0 Å². The summed E-state index contributed by atoms with van der Waals surface area (Å²) in [5.41, 5.74) is 5.38. The number of carbonyl (C=O) groups is 1. The Bertz CT molecular complexity index is 473. The molecule has 7 nitrogen and oxygen atoms in total. The standard InChI is InChI=1S/C11H15N3O4/c1-6(2)10(12)11(16)13-8-5-7(14(17)18)3-4-9(8)15/h3-6,10,15H,12H2,1-2H3,(H,13,16). The number of rotatable bonds is 4. The molecule has 0 radical (unpaired) electrons. The lowest BCUT2D eigenvalue weighted by atomic mass is 10.0. The minimum absolute atomic E-state index is 0.0229. The Morgan fingerprint density at radius 3 is 2.61 bits per heavy atom. The van der Waals surface area contributed by atoms with E-state index in [1.54, 1.807) is 13.8 Å². The number of nitro benzene ring substituents is 1. The van der Waals surface area contributed by atoms with Gasteiger partial charge in [-0.3, -0.25) is 14.9 Å². The lowest BCUT2D eigenvalue weighted by molar-refractivity contribution is -0.384. The topological polar surface area (TPSA) is 118 Å². The number of hydrogen-bond acceptors (Lipinski definition) is 5. The predicted molar refractivity (Wildman–Crippen MR) is 66.2 cm³/mol. The Morgan fingerprint density at radius 1 is 1.50 bits per heavy atom. The van der Waals surface area contributed by atoms with Gasteiger partial charge in [0, 0.05) is 12.1 Å². The summed E-state index contributed by atoms with van der Waals surface area (Å²) in [6.45, 7) is 3.55. The summed E-state index contributed by atoms with van der Waals surface area (Å²) in [4.78, 5) is 21.6. The van der Waals surface area contributed by atoms with Crippen LogP contribution in [0.15, 0.2) is 18.2 Å². The molecule has 0 aliphatic carbocycles. The number of benzene rings is 1. The highest BCUT2D eigenvalue weighted by molar-refractivity contribution is 5.96. The van der Waals surface area contributed by atoms with Crippen LogP contribution in [0.1, 0.15) is 13.8 Å². The number of phenols is 1. The third kappa shape index (κ3) is 3.17. The number of carbonyl (C=O) groups excluding carboxylic acids is 1. The van der Waals surface area contributed by atoms with Gasteiger partial charge in [0.2, 0.25) is 5.91 Å². The molecule has 1 atom stereocenters. The largest absolute Gasteiger partial charge is 0.506 e. The van der Waals surface area contributed by atoms with Gasteiger partial charge >= 0.3 is 0 Å². The molecule has 0 spiro atoms. The molecule has 7 heteroatoms.